The number of amides is 2. The Kier molecular flexibility index (Phi) is 7.96. The maximum absolute atomic E-state index is 12.0. The van der Waals surface area contributed by atoms with Gasteiger partial charge in [-0.3, -0.25) is 0 Å². The standard InChI is InChI=1S/C13H29N3O/c1-7-16(8-2)13(17)14-12(9-11(3)4)10-15(5)6/h11-12H,7-10H2,1-6H3,(H,14,17). The third-order valence-corrected chi connectivity index (χ3v) is 2.72. The van der Waals surface area contributed by atoms with Crippen molar-refractivity contribution in [3.63, 3.8) is 0 Å². The number of nitrogens with zero attached hydrogens (tertiary/aromatic N) is 2. The molecular weight excluding hydrogens is 214 g/mol. The first-order chi connectivity index (χ1) is 7.90. The van der Waals surface area contributed by atoms with E-state index < -0.39 is 0 Å². The van der Waals surface area contributed by atoms with Gasteiger partial charge in [0.1, 0.15) is 0 Å². The van der Waals surface area contributed by atoms with E-state index in [1.165, 1.54) is 0 Å². The summed E-state index contributed by atoms with van der Waals surface area (Å²) in [6.45, 7) is 10.8. The molecule has 0 aliphatic rings. The third-order valence-electron chi connectivity index (χ3n) is 2.72. The summed E-state index contributed by atoms with van der Waals surface area (Å²) in [5.74, 6) is 0.594. The highest BCUT2D eigenvalue weighted by molar-refractivity contribution is 5.74. The van der Waals surface area contributed by atoms with Crippen molar-refractivity contribution in [2.24, 2.45) is 5.92 Å². The lowest BCUT2D eigenvalue weighted by atomic mass is 10.0. The van der Waals surface area contributed by atoms with Crippen LogP contribution >= 0.6 is 0 Å². The molecule has 0 heterocycles. The second kappa shape index (κ2) is 8.34. The second-order valence-corrected chi connectivity index (χ2v) is 5.21. The zero-order chi connectivity index (χ0) is 13.4. The first-order valence-corrected chi connectivity index (χ1v) is 6.60. The van der Waals surface area contributed by atoms with Gasteiger partial charge in [-0.1, -0.05) is 13.8 Å². The van der Waals surface area contributed by atoms with Crippen molar-refractivity contribution in [1.82, 2.24) is 15.1 Å². The molecule has 0 fully saturated rings. The molecule has 4 nitrogen and oxygen atoms in total. The fraction of sp³-hybridized carbons (Fsp3) is 0.923. The van der Waals surface area contributed by atoms with Gasteiger partial charge in [0, 0.05) is 25.7 Å². The number of nitrogens with one attached hydrogen (secondary N) is 1. The third kappa shape index (κ3) is 7.21. The molecule has 0 spiro atoms. The van der Waals surface area contributed by atoms with Gasteiger partial charge in [-0.15, -0.1) is 0 Å². The maximum Gasteiger partial charge on any atom is 0.317 e. The second-order valence-electron chi connectivity index (χ2n) is 5.21. The zero-order valence-corrected chi connectivity index (χ0v) is 12.3. The lowest BCUT2D eigenvalue weighted by molar-refractivity contribution is 0.192. The lowest BCUT2D eigenvalue weighted by Crippen LogP contribution is -2.48. The van der Waals surface area contributed by atoms with Gasteiger partial charge in [-0.2, -0.15) is 0 Å². The molecule has 4 heteroatoms. The molecule has 0 rings (SSSR count). The summed E-state index contributed by atoms with van der Waals surface area (Å²) in [7, 11) is 4.08. The highest BCUT2D eigenvalue weighted by Crippen LogP contribution is 2.06. The minimum absolute atomic E-state index is 0.0579. The van der Waals surface area contributed by atoms with E-state index in [-0.39, 0.29) is 12.1 Å². The predicted molar refractivity (Wildman–Crippen MR) is 73.2 cm³/mol. The van der Waals surface area contributed by atoms with E-state index in [9.17, 15) is 4.79 Å². The van der Waals surface area contributed by atoms with Crippen molar-refractivity contribution < 1.29 is 4.79 Å². The van der Waals surface area contributed by atoms with Gasteiger partial charge in [0.25, 0.3) is 0 Å². The Labute approximate surface area is 106 Å². The number of carbonyl (C=O) groups is 1. The van der Waals surface area contributed by atoms with Crippen molar-refractivity contribution in [3.05, 3.63) is 0 Å². The summed E-state index contributed by atoms with van der Waals surface area (Å²) in [5.41, 5.74) is 0. The SMILES string of the molecule is CCN(CC)C(=O)NC(CC(C)C)CN(C)C. The molecule has 102 valence electrons. The van der Waals surface area contributed by atoms with Gasteiger partial charge in [-0.25, -0.2) is 4.79 Å². The molecule has 17 heavy (non-hydrogen) atoms. The fourth-order valence-corrected chi connectivity index (χ4v) is 1.97. The van der Waals surface area contributed by atoms with Crippen LogP contribution < -0.4 is 5.32 Å². The lowest BCUT2D eigenvalue weighted by Gasteiger charge is -2.27. The predicted octanol–water partition coefficient (Wildman–Crippen LogP) is 2.01. The van der Waals surface area contributed by atoms with Crippen LogP contribution in [0.1, 0.15) is 34.1 Å². The summed E-state index contributed by atoms with van der Waals surface area (Å²) < 4.78 is 0. The minimum atomic E-state index is 0.0579. The summed E-state index contributed by atoms with van der Waals surface area (Å²) in [6, 6.07) is 0.292. The molecule has 0 bridgehead atoms. The van der Waals surface area contributed by atoms with Gasteiger partial charge in [0.2, 0.25) is 0 Å². The molecule has 1 atom stereocenters. The van der Waals surface area contributed by atoms with Crippen molar-refractivity contribution in [3.8, 4) is 0 Å². The Morgan fingerprint density at radius 3 is 2.06 bits per heavy atom. The molecule has 0 radical (unpaired) electrons. The topological polar surface area (TPSA) is 35.6 Å². The van der Waals surface area contributed by atoms with E-state index >= 15 is 0 Å². The van der Waals surface area contributed by atoms with E-state index in [0.29, 0.717) is 5.92 Å². The molecule has 1 unspecified atom stereocenters. The Balaban J connectivity index is 4.35. The first kappa shape index (κ1) is 16.2. The molecule has 0 saturated carbocycles. The van der Waals surface area contributed by atoms with Crippen molar-refractivity contribution >= 4 is 6.03 Å². The quantitative estimate of drug-likeness (QED) is 0.742. The van der Waals surface area contributed by atoms with Crippen LogP contribution in [0.5, 0.6) is 0 Å². The average molecular weight is 243 g/mol. The van der Waals surface area contributed by atoms with Gasteiger partial charge < -0.3 is 15.1 Å². The summed E-state index contributed by atoms with van der Waals surface area (Å²) in [4.78, 5) is 15.9. The normalized spacial score (nSPS) is 12.9. The summed E-state index contributed by atoms with van der Waals surface area (Å²) in [6.07, 6.45) is 1.02. The van der Waals surface area contributed by atoms with Crippen molar-refractivity contribution in [1.29, 1.82) is 0 Å². The van der Waals surface area contributed by atoms with E-state index in [4.69, 9.17) is 0 Å². The van der Waals surface area contributed by atoms with Crippen LogP contribution in [0.15, 0.2) is 0 Å². The Bertz CT molecular complexity index is 203. The molecule has 2 amide bonds. The van der Waals surface area contributed by atoms with Gasteiger partial charge in [0.15, 0.2) is 0 Å². The molecular formula is C13H29N3O. The average Bonchev–Trinajstić information content (AvgIpc) is 2.16. The molecule has 0 saturated heterocycles. The number of rotatable bonds is 7. The van der Waals surface area contributed by atoms with Crippen molar-refractivity contribution in [2.45, 2.75) is 40.2 Å². The Hall–Kier alpha value is -0.770. The van der Waals surface area contributed by atoms with E-state index in [2.05, 4.69) is 24.1 Å². The smallest absolute Gasteiger partial charge is 0.317 e. The van der Waals surface area contributed by atoms with Gasteiger partial charge >= 0.3 is 6.03 Å². The van der Waals surface area contributed by atoms with Gasteiger partial charge in [-0.05, 0) is 40.3 Å². The molecule has 1 N–H and O–H groups in total. The van der Waals surface area contributed by atoms with Gasteiger partial charge in [0.05, 0.1) is 0 Å². The Morgan fingerprint density at radius 2 is 1.71 bits per heavy atom. The highest BCUT2D eigenvalue weighted by Gasteiger charge is 2.17. The van der Waals surface area contributed by atoms with Crippen LogP contribution in [0.2, 0.25) is 0 Å². The van der Waals surface area contributed by atoms with Crippen LogP contribution in [0, 0.1) is 5.92 Å². The number of hydrogen-bond donors (Lipinski definition) is 1. The number of hydrogen-bond acceptors (Lipinski definition) is 2. The van der Waals surface area contributed by atoms with Crippen LogP contribution in [0.4, 0.5) is 4.79 Å². The Morgan fingerprint density at radius 1 is 1.18 bits per heavy atom. The molecule has 0 aliphatic heterocycles. The number of urea groups is 1. The zero-order valence-electron chi connectivity index (χ0n) is 12.3. The van der Waals surface area contributed by atoms with Crippen LogP contribution in [0.3, 0.4) is 0 Å². The fourth-order valence-electron chi connectivity index (χ4n) is 1.97. The maximum atomic E-state index is 12.0. The first-order valence-electron chi connectivity index (χ1n) is 6.60. The van der Waals surface area contributed by atoms with E-state index in [0.717, 1.165) is 26.1 Å². The number of carbonyl (C=O) groups excluding carboxylic acids is 1. The largest absolute Gasteiger partial charge is 0.334 e. The molecule has 0 aromatic heterocycles. The van der Waals surface area contributed by atoms with E-state index in [1.807, 2.05) is 32.8 Å². The summed E-state index contributed by atoms with van der Waals surface area (Å²) >= 11 is 0. The monoisotopic (exact) mass is 243 g/mol. The molecule has 0 aliphatic carbocycles. The van der Waals surface area contributed by atoms with Crippen molar-refractivity contribution in [2.75, 3.05) is 33.7 Å². The highest BCUT2D eigenvalue weighted by atomic mass is 16.2. The molecule has 0 aromatic carbocycles. The molecule has 0 aromatic rings. The number of likely N-dealkylation sites (N-methyl/N-ethyl adjacent to an activating group) is 1. The van der Waals surface area contributed by atoms with Crippen LogP contribution in [-0.4, -0.2) is 55.6 Å². The summed E-state index contributed by atoms with van der Waals surface area (Å²) in [5, 5.41) is 3.13. The van der Waals surface area contributed by atoms with Crippen LogP contribution in [0.25, 0.3) is 0 Å². The minimum Gasteiger partial charge on any atom is -0.334 e. The van der Waals surface area contributed by atoms with Crippen LogP contribution in [-0.2, 0) is 0 Å². The van der Waals surface area contributed by atoms with E-state index in [1.54, 1.807) is 0 Å².